The van der Waals surface area contributed by atoms with Crippen LogP contribution in [0.5, 0.6) is 5.75 Å². The predicted octanol–water partition coefficient (Wildman–Crippen LogP) is 3.22. The number of carbonyl (C=O) groups excluding carboxylic acids is 1. The number of rotatable bonds is 10. The molecule has 0 bridgehead atoms. The highest BCUT2D eigenvalue weighted by atomic mass is 32.2. The van der Waals surface area contributed by atoms with Gasteiger partial charge in [-0.2, -0.15) is 4.31 Å². The van der Waals surface area contributed by atoms with Crippen LogP contribution in [0.15, 0.2) is 41.4 Å². The van der Waals surface area contributed by atoms with E-state index < -0.39 is 15.9 Å². The lowest BCUT2D eigenvalue weighted by atomic mass is 10.2. The van der Waals surface area contributed by atoms with E-state index >= 15 is 0 Å². The molecule has 0 saturated heterocycles. The summed E-state index contributed by atoms with van der Waals surface area (Å²) in [4.78, 5) is 19.3. The van der Waals surface area contributed by atoms with E-state index in [1.54, 1.807) is 26.0 Å². The minimum Gasteiger partial charge on any atom is -0.495 e. The van der Waals surface area contributed by atoms with Gasteiger partial charge in [0.25, 0.3) is 5.91 Å². The summed E-state index contributed by atoms with van der Waals surface area (Å²) in [5.74, 6) is 0.764. The van der Waals surface area contributed by atoms with Crippen LogP contribution in [0.3, 0.4) is 0 Å². The van der Waals surface area contributed by atoms with Crippen LogP contribution in [0.2, 0.25) is 0 Å². The summed E-state index contributed by atoms with van der Waals surface area (Å²) in [6.45, 7) is 9.99. The molecule has 1 aromatic heterocycles. The molecule has 2 rings (SSSR count). The van der Waals surface area contributed by atoms with E-state index in [-0.39, 0.29) is 10.6 Å². The first-order valence-corrected chi connectivity index (χ1v) is 11.5. The Kier molecular flexibility index (Phi) is 8.19. The molecule has 2 aromatic rings. The van der Waals surface area contributed by atoms with Crippen molar-refractivity contribution in [2.45, 2.75) is 32.6 Å². The molecule has 0 saturated carbocycles. The Labute approximate surface area is 178 Å². The lowest BCUT2D eigenvalue weighted by molar-refractivity contribution is 0.102. The Morgan fingerprint density at radius 3 is 2.20 bits per heavy atom. The standard InChI is InChI=1S/C21H30N4O4S/c1-6-24(7-2)20-13-10-16(15-22-20)21(26)23-18-14-17(11-12-19(18)29-5)30(27,28)25(8-3)9-4/h10-15H,6-9H2,1-5H3,(H,23,26). The average molecular weight is 435 g/mol. The summed E-state index contributed by atoms with van der Waals surface area (Å²) in [5.41, 5.74) is 0.647. The fraction of sp³-hybridized carbons (Fsp3) is 0.429. The summed E-state index contributed by atoms with van der Waals surface area (Å²) in [5, 5.41) is 2.74. The Morgan fingerprint density at radius 2 is 1.70 bits per heavy atom. The second-order valence-electron chi connectivity index (χ2n) is 6.48. The first-order chi connectivity index (χ1) is 14.3. The van der Waals surface area contributed by atoms with Crippen molar-refractivity contribution in [2.24, 2.45) is 0 Å². The van der Waals surface area contributed by atoms with Crippen molar-refractivity contribution in [3.05, 3.63) is 42.1 Å². The van der Waals surface area contributed by atoms with Gasteiger partial charge in [-0.15, -0.1) is 0 Å². The molecule has 1 N–H and O–H groups in total. The normalized spacial score (nSPS) is 11.4. The number of sulfonamides is 1. The SMILES string of the molecule is CCN(CC)c1ccc(C(=O)Nc2cc(S(=O)(=O)N(CC)CC)ccc2OC)cn1. The quantitative estimate of drug-likeness (QED) is 0.617. The van der Waals surface area contributed by atoms with Crippen molar-refractivity contribution in [1.82, 2.24) is 9.29 Å². The molecule has 30 heavy (non-hydrogen) atoms. The number of nitrogens with zero attached hydrogens (tertiary/aromatic N) is 3. The molecule has 8 nitrogen and oxygen atoms in total. The fourth-order valence-electron chi connectivity index (χ4n) is 3.11. The zero-order valence-electron chi connectivity index (χ0n) is 18.2. The molecule has 0 aliphatic carbocycles. The van der Waals surface area contributed by atoms with E-state index in [0.717, 1.165) is 18.9 Å². The topological polar surface area (TPSA) is 91.8 Å². The number of anilines is 2. The van der Waals surface area contributed by atoms with Crippen LogP contribution in [0, 0.1) is 0 Å². The number of hydrogen-bond acceptors (Lipinski definition) is 6. The predicted molar refractivity (Wildman–Crippen MR) is 119 cm³/mol. The number of carbonyl (C=O) groups is 1. The molecule has 0 aliphatic heterocycles. The van der Waals surface area contributed by atoms with Gasteiger partial charge in [0, 0.05) is 32.4 Å². The van der Waals surface area contributed by atoms with Gasteiger partial charge in [0.2, 0.25) is 10.0 Å². The van der Waals surface area contributed by atoms with Crippen LogP contribution in [0.25, 0.3) is 0 Å². The highest BCUT2D eigenvalue weighted by Crippen LogP contribution is 2.29. The monoisotopic (exact) mass is 434 g/mol. The fourth-order valence-corrected chi connectivity index (χ4v) is 4.59. The van der Waals surface area contributed by atoms with Gasteiger partial charge < -0.3 is 15.0 Å². The second kappa shape index (κ2) is 10.4. The molecule has 0 spiro atoms. The largest absolute Gasteiger partial charge is 0.495 e. The molecule has 1 heterocycles. The molecule has 0 radical (unpaired) electrons. The number of methoxy groups -OCH3 is 1. The molecular weight excluding hydrogens is 404 g/mol. The lowest BCUT2D eigenvalue weighted by Gasteiger charge is -2.20. The third-order valence-electron chi connectivity index (χ3n) is 4.86. The van der Waals surface area contributed by atoms with Crippen molar-refractivity contribution in [3.8, 4) is 5.75 Å². The second-order valence-corrected chi connectivity index (χ2v) is 8.42. The highest BCUT2D eigenvalue weighted by molar-refractivity contribution is 7.89. The van der Waals surface area contributed by atoms with Crippen LogP contribution in [-0.2, 0) is 10.0 Å². The van der Waals surface area contributed by atoms with Gasteiger partial charge in [-0.3, -0.25) is 4.79 Å². The molecule has 0 aliphatic rings. The summed E-state index contributed by atoms with van der Waals surface area (Å²) < 4.78 is 32.3. The zero-order valence-corrected chi connectivity index (χ0v) is 19.0. The van der Waals surface area contributed by atoms with E-state index in [1.165, 1.54) is 35.8 Å². The zero-order chi connectivity index (χ0) is 22.3. The number of hydrogen-bond donors (Lipinski definition) is 1. The molecular formula is C21H30N4O4S. The van der Waals surface area contributed by atoms with Crippen LogP contribution in [0.1, 0.15) is 38.1 Å². The van der Waals surface area contributed by atoms with Crippen LogP contribution < -0.4 is 15.0 Å². The smallest absolute Gasteiger partial charge is 0.257 e. The molecule has 1 aromatic carbocycles. The van der Waals surface area contributed by atoms with E-state index in [4.69, 9.17) is 4.74 Å². The average Bonchev–Trinajstić information content (AvgIpc) is 2.75. The third-order valence-corrected chi connectivity index (χ3v) is 6.91. The summed E-state index contributed by atoms with van der Waals surface area (Å²) in [6, 6.07) is 7.91. The van der Waals surface area contributed by atoms with Gasteiger partial charge in [-0.05, 0) is 44.2 Å². The van der Waals surface area contributed by atoms with Gasteiger partial charge in [0.15, 0.2) is 0 Å². The Bertz CT molecular complexity index is 953. The van der Waals surface area contributed by atoms with Gasteiger partial charge in [-0.1, -0.05) is 13.8 Å². The van der Waals surface area contributed by atoms with E-state index in [2.05, 4.69) is 15.2 Å². The molecule has 0 unspecified atom stereocenters. The third kappa shape index (κ3) is 5.09. The number of benzene rings is 1. The maximum atomic E-state index is 12.8. The number of aromatic nitrogens is 1. The molecule has 9 heteroatoms. The number of amides is 1. The van der Waals surface area contributed by atoms with E-state index in [1.807, 2.05) is 13.8 Å². The summed E-state index contributed by atoms with van der Waals surface area (Å²) in [7, 11) is -2.20. The van der Waals surface area contributed by atoms with Crippen molar-refractivity contribution < 1.29 is 17.9 Å². The van der Waals surface area contributed by atoms with Crippen molar-refractivity contribution >= 4 is 27.4 Å². The first-order valence-electron chi connectivity index (χ1n) is 10.0. The Hall–Kier alpha value is -2.65. The molecule has 0 fully saturated rings. The summed E-state index contributed by atoms with van der Waals surface area (Å²) in [6.07, 6.45) is 1.51. The van der Waals surface area contributed by atoms with E-state index in [0.29, 0.717) is 24.4 Å². The molecule has 0 atom stereocenters. The Balaban J connectivity index is 2.32. The van der Waals surface area contributed by atoms with Gasteiger partial charge in [0.1, 0.15) is 11.6 Å². The van der Waals surface area contributed by atoms with Gasteiger partial charge in [-0.25, -0.2) is 13.4 Å². The van der Waals surface area contributed by atoms with Gasteiger partial charge >= 0.3 is 0 Å². The molecule has 1 amide bonds. The summed E-state index contributed by atoms with van der Waals surface area (Å²) >= 11 is 0. The van der Waals surface area contributed by atoms with Crippen molar-refractivity contribution in [1.29, 1.82) is 0 Å². The minimum absolute atomic E-state index is 0.0947. The maximum Gasteiger partial charge on any atom is 0.257 e. The number of ether oxygens (including phenoxy) is 1. The van der Waals surface area contributed by atoms with Crippen molar-refractivity contribution in [3.63, 3.8) is 0 Å². The molecule has 164 valence electrons. The first kappa shape index (κ1) is 23.6. The minimum atomic E-state index is -3.66. The van der Waals surface area contributed by atoms with Crippen molar-refractivity contribution in [2.75, 3.05) is 43.5 Å². The van der Waals surface area contributed by atoms with Crippen LogP contribution >= 0.6 is 0 Å². The lowest BCUT2D eigenvalue weighted by Crippen LogP contribution is -2.30. The Morgan fingerprint density at radius 1 is 1.03 bits per heavy atom. The number of nitrogens with one attached hydrogen (secondary N) is 1. The maximum absolute atomic E-state index is 12.8. The van der Waals surface area contributed by atoms with Crippen LogP contribution in [-0.4, -0.2) is 56.9 Å². The van der Waals surface area contributed by atoms with Crippen LogP contribution in [0.4, 0.5) is 11.5 Å². The van der Waals surface area contributed by atoms with E-state index in [9.17, 15) is 13.2 Å². The van der Waals surface area contributed by atoms with Gasteiger partial charge in [0.05, 0.1) is 23.3 Å². The highest BCUT2D eigenvalue weighted by Gasteiger charge is 2.23. The number of pyridine rings is 1.